The zero-order valence-electron chi connectivity index (χ0n) is 10.9. The standard InChI is InChI=1S/C13H9BrN4O4/c14-11-6-10(18(21)22)5-9(12(11)19)7-16-17-13(20)8-1-3-15-4-2-8/h1-7,19H,(H,17,20)/p-1/b16-7-. The van der Waals surface area contributed by atoms with E-state index < -0.39 is 16.6 Å². The van der Waals surface area contributed by atoms with Gasteiger partial charge in [0.25, 0.3) is 11.6 Å². The predicted molar refractivity (Wildman–Crippen MR) is 79.5 cm³/mol. The highest BCUT2D eigenvalue weighted by Crippen LogP contribution is 2.29. The second-order valence-corrected chi connectivity index (χ2v) is 4.89. The number of aromatic nitrogens is 1. The first-order valence-corrected chi connectivity index (χ1v) is 6.66. The van der Waals surface area contributed by atoms with Crippen molar-refractivity contribution in [2.24, 2.45) is 5.10 Å². The number of benzene rings is 1. The summed E-state index contributed by atoms with van der Waals surface area (Å²) in [7, 11) is 0. The summed E-state index contributed by atoms with van der Waals surface area (Å²) in [6, 6.07) is 5.17. The van der Waals surface area contributed by atoms with E-state index in [0.29, 0.717) is 5.56 Å². The van der Waals surface area contributed by atoms with Gasteiger partial charge in [-0.1, -0.05) is 21.7 Å². The van der Waals surface area contributed by atoms with Crippen LogP contribution in [0.4, 0.5) is 5.69 Å². The average Bonchev–Trinajstić information content (AvgIpc) is 2.51. The van der Waals surface area contributed by atoms with E-state index in [1.807, 2.05) is 0 Å². The van der Waals surface area contributed by atoms with Gasteiger partial charge in [0.2, 0.25) is 0 Å². The third-order valence-corrected chi connectivity index (χ3v) is 3.17. The third-order valence-electron chi connectivity index (χ3n) is 2.58. The number of carbonyl (C=O) groups excluding carboxylic acids is 1. The van der Waals surface area contributed by atoms with Crippen LogP contribution in [-0.4, -0.2) is 22.0 Å². The zero-order chi connectivity index (χ0) is 16.1. The number of non-ortho nitro benzene ring substituents is 1. The topological polar surface area (TPSA) is 121 Å². The zero-order valence-corrected chi connectivity index (χ0v) is 12.5. The molecule has 0 saturated heterocycles. The van der Waals surface area contributed by atoms with Crippen LogP contribution in [0.5, 0.6) is 5.75 Å². The second kappa shape index (κ2) is 6.76. The normalized spacial score (nSPS) is 10.6. The van der Waals surface area contributed by atoms with Crippen molar-refractivity contribution in [3.63, 3.8) is 0 Å². The number of carbonyl (C=O) groups is 1. The first kappa shape index (κ1) is 15.6. The number of nitrogens with zero attached hydrogens (tertiary/aromatic N) is 3. The number of nitrogens with one attached hydrogen (secondary N) is 1. The lowest BCUT2D eigenvalue weighted by molar-refractivity contribution is -0.385. The van der Waals surface area contributed by atoms with Gasteiger partial charge in [-0.25, -0.2) is 5.43 Å². The summed E-state index contributed by atoms with van der Waals surface area (Å²) in [6.07, 6.45) is 3.96. The van der Waals surface area contributed by atoms with Crippen LogP contribution in [0.25, 0.3) is 0 Å². The highest BCUT2D eigenvalue weighted by atomic mass is 79.9. The highest BCUT2D eigenvalue weighted by Gasteiger charge is 2.09. The van der Waals surface area contributed by atoms with Crippen molar-refractivity contribution in [2.45, 2.75) is 0 Å². The van der Waals surface area contributed by atoms with Gasteiger partial charge in [-0.15, -0.1) is 0 Å². The Labute approximate surface area is 132 Å². The third kappa shape index (κ3) is 3.64. The number of halogens is 1. The molecule has 0 atom stereocenters. The summed E-state index contributed by atoms with van der Waals surface area (Å²) < 4.78 is 0.0450. The van der Waals surface area contributed by atoms with Crippen molar-refractivity contribution in [3.05, 3.63) is 62.4 Å². The van der Waals surface area contributed by atoms with Crippen LogP contribution >= 0.6 is 15.9 Å². The minimum Gasteiger partial charge on any atom is -0.871 e. The maximum atomic E-state index is 11.8. The number of nitro benzene ring substituents is 1. The van der Waals surface area contributed by atoms with Crippen LogP contribution in [0.3, 0.4) is 0 Å². The summed E-state index contributed by atoms with van der Waals surface area (Å²) in [5.74, 6) is -0.955. The molecule has 0 unspecified atom stereocenters. The molecule has 1 aromatic carbocycles. The molecular weight excluding hydrogens is 356 g/mol. The SMILES string of the molecule is O=C(N/N=C\c1cc([N+](=O)[O-])cc(Br)c1[O-])c1ccncc1. The van der Waals surface area contributed by atoms with E-state index in [9.17, 15) is 20.0 Å². The number of hydrazone groups is 1. The minimum absolute atomic E-state index is 0.0175. The molecule has 1 N–H and O–H groups in total. The molecule has 112 valence electrons. The number of nitro groups is 1. The van der Waals surface area contributed by atoms with E-state index in [0.717, 1.165) is 18.3 Å². The van der Waals surface area contributed by atoms with Crippen molar-refractivity contribution < 1.29 is 14.8 Å². The first-order valence-electron chi connectivity index (χ1n) is 5.87. The molecule has 0 bridgehead atoms. The molecular formula is C13H8BrN4O4-. The van der Waals surface area contributed by atoms with Gasteiger partial charge in [0.05, 0.1) is 11.1 Å². The summed E-state index contributed by atoms with van der Waals surface area (Å²) in [5, 5.41) is 26.2. The first-order chi connectivity index (χ1) is 10.5. The number of hydrogen-bond donors (Lipinski definition) is 1. The van der Waals surface area contributed by atoms with Crippen molar-refractivity contribution in [1.82, 2.24) is 10.4 Å². The molecule has 1 heterocycles. The lowest BCUT2D eigenvalue weighted by atomic mass is 10.2. The number of hydrogen-bond acceptors (Lipinski definition) is 6. The molecule has 1 aromatic heterocycles. The smallest absolute Gasteiger partial charge is 0.271 e. The van der Waals surface area contributed by atoms with Gasteiger partial charge in [-0.2, -0.15) is 5.10 Å². The molecule has 0 saturated carbocycles. The minimum atomic E-state index is -0.628. The molecule has 0 spiro atoms. The fourth-order valence-corrected chi connectivity index (χ4v) is 1.99. The molecule has 0 radical (unpaired) electrons. The van der Waals surface area contributed by atoms with E-state index in [1.54, 1.807) is 0 Å². The lowest BCUT2D eigenvalue weighted by Gasteiger charge is -2.12. The maximum absolute atomic E-state index is 11.8. The van der Waals surface area contributed by atoms with E-state index in [2.05, 4.69) is 31.4 Å². The summed E-state index contributed by atoms with van der Waals surface area (Å²) >= 11 is 2.95. The molecule has 0 aliphatic carbocycles. The molecule has 0 aliphatic heterocycles. The van der Waals surface area contributed by atoms with E-state index in [-0.39, 0.29) is 15.7 Å². The molecule has 9 heteroatoms. The van der Waals surface area contributed by atoms with Crippen molar-refractivity contribution in [1.29, 1.82) is 0 Å². The number of rotatable bonds is 4. The van der Waals surface area contributed by atoms with Gasteiger partial charge < -0.3 is 5.11 Å². The Morgan fingerprint density at radius 3 is 2.68 bits per heavy atom. The van der Waals surface area contributed by atoms with Crippen LogP contribution < -0.4 is 10.5 Å². The van der Waals surface area contributed by atoms with Crippen LogP contribution in [0.1, 0.15) is 15.9 Å². The molecule has 22 heavy (non-hydrogen) atoms. The summed E-state index contributed by atoms with van der Waals surface area (Å²) in [6.45, 7) is 0. The van der Waals surface area contributed by atoms with E-state index in [4.69, 9.17) is 0 Å². The number of amides is 1. The van der Waals surface area contributed by atoms with Crippen molar-refractivity contribution in [3.8, 4) is 5.75 Å². The Bertz CT molecular complexity index is 749. The Kier molecular flexibility index (Phi) is 4.79. The van der Waals surface area contributed by atoms with Crippen LogP contribution in [0, 0.1) is 10.1 Å². The molecule has 0 aliphatic rings. The maximum Gasteiger partial charge on any atom is 0.271 e. The fourth-order valence-electron chi connectivity index (χ4n) is 1.53. The van der Waals surface area contributed by atoms with Crippen LogP contribution in [-0.2, 0) is 0 Å². The van der Waals surface area contributed by atoms with Gasteiger partial charge in [0.1, 0.15) is 0 Å². The lowest BCUT2D eigenvalue weighted by Crippen LogP contribution is -2.17. The Morgan fingerprint density at radius 1 is 1.36 bits per heavy atom. The predicted octanol–water partition coefficient (Wildman–Crippen LogP) is 1.59. The molecule has 1 amide bonds. The highest BCUT2D eigenvalue weighted by molar-refractivity contribution is 9.10. The Balaban J connectivity index is 2.17. The Morgan fingerprint density at radius 2 is 2.05 bits per heavy atom. The summed E-state index contributed by atoms with van der Waals surface area (Å²) in [4.78, 5) is 25.6. The van der Waals surface area contributed by atoms with Crippen molar-refractivity contribution in [2.75, 3.05) is 0 Å². The van der Waals surface area contributed by atoms with Crippen LogP contribution in [0.15, 0.2) is 46.2 Å². The fraction of sp³-hybridized carbons (Fsp3) is 0. The molecule has 2 rings (SSSR count). The van der Waals surface area contributed by atoms with E-state index in [1.165, 1.54) is 24.5 Å². The molecule has 8 nitrogen and oxygen atoms in total. The molecule has 2 aromatic rings. The largest absolute Gasteiger partial charge is 0.871 e. The summed E-state index contributed by atoms with van der Waals surface area (Å²) in [5.41, 5.74) is 2.29. The molecule has 0 fully saturated rings. The quantitative estimate of drug-likeness (QED) is 0.502. The van der Waals surface area contributed by atoms with E-state index >= 15 is 0 Å². The second-order valence-electron chi connectivity index (χ2n) is 4.04. The van der Waals surface area contributed by atoms with Gasteiger partial charge in [0.15, 0.2) is 0 Å². The van der Waals surface area contributed by atoms with Gasteiger partial charge in [-0.3, -0.25) is 19.9 Å². The van der Waals surface area contributed by atoms with Crippen molar-refractivity contribution >= 4 is 33.7 Å². The number of pyridine rings is 1. The van der Waals surface area contributed by atoms with Crippen LogP contribution in [0.2, 0.25) is 0 Å². The Hall–Kier alpha value is -2.81. The van der Waals surface area contributed by atoms with Gasteiger partial charge >= 0.3 is 0 Å². The monoisotopic (exact) mass is 363 g/mol. The average molecular weight is 364 g/mol. The van der Waals surface area contributed by atoms with Gasteiger partial charge in [-0.05, 0) is 17.7 Å². The van der Waals surface area contributed by atoms with Gasteiger partial charge in [0, 0.05) is 34.6 Å².